The monoisotopic (exact) mass is 516 g/mol. The van der Waals surface area contributed by atoms with Gasteiger partial charge in [-0.25, -0.2) is 0 Å². The molecule has 4 heterocycles. The average molecular weight is 517 g/mol. The molecule has 0 saturated carbocycles. The van der Waals surface area contributed by atoms with Gasteiger partial charge in [0.15, 0.2) is 0 Å². The summed E-state index contributed by atoms with van der Waals surface area (Å²) in [4.78, 5) is 45.8. The Balaban J connectivity index is 1.90. The van der Waals surface area contributed by atoms with Crippen molar-refractivity contribution in [3.8, 4) is 0 Å². The van der Waals surface area contributed by atoms with Crippen LogP contribution in [0.4, 0.5) is 0 Å². The zero-order chi connectivity index (χ0) is 26.8. The van der Waals surface area contributed by atoms with Crippen molar-refractivity contribution in [1.82, 2.24) is 9.80 Å². The van der Waals surface area contributed by atoms with Gasteiger partial charge in [0.2, 0.25) is 11.8 Å². The highest BCUT2D eigenvalue weighted by molar-refractivity contribution is 5.99. The molecular weight excluding hydrogens is 472 g/mol. The number of amides is 2. The lowest BCUT2D eigenvalue weighted by Gasteiger charge is -2.42. The molecule has 1 unspecified atom stereocenters. The first kappa shape index (κ1) is 27.8. The summed E-state index contributed by atoms with van der Waals surface area (Å²) in [7, 11) is 0. The van der Waals surface area contributed by atoms with Crippen LogP contribution in [0.5, 0.6) is 0 Å². The lowest BCUT2D eigenvalue weighted by atomic mass is 9.73. The lowest BCUT2D eigenvalue weighted by Crippen LogP contribution is -2.60. The molecule has 0 aromatic carbocycles. The molecule has 1 N–H and O–H groups in total. The number of carbonyl (C=O) groups excluding carboxylic acids is 3. The summed E-state index contributed by atoms with van der Waals surface area (Å²) < 4.78 is 12.7. The molecule has 0 aromatic rings. The molecule has 0 aliphatic carbocycles. The van der Waals surface area contributed by atoms with Gasteiger partial charge < -0.3 is 24.4 Å². The Labute approximate surface area is 221 Å². The topological polar surface area (TPSA) is 96.4 Å². The Morgan fingerprint density at radius 3 is 2.54 bits per heavy atom. The van der Waals surface area contributed by atoms with E-state index in [4.69, 9.17) is 9.47 Å². The van der Waals surface area contributed by atoms with Gasteiger partial charge >= 0.3 is 5.97 Å². The highest BCUT2D eigenvalue weighted by Gasteiger charge is 2.76. The van der Waals surface area contributed by atoms with Crippen LogP contribution >= 0.6 is 0 Å². The van der Waals surface area contributed by atoms with Crippen LogP contribution < -0.4 is 0 Å². The Morgan fingerprint density at radius 2 is 1.86 bits per heavy atom. The molecule has 4 aliphatic rings. The van der Waals surface area contributed by atoms with Crippen LogP contribution in [0.3, 0.4) is 0 Å². The van der Waals surface area contributed by atoms with Crippen LogP contribution in [-0.4, -0.2) is 82.3 Å². The number of carbonyl (C=O) groups is 3. The maximum absolute atomic E-state index is 14.5. The highest BCUT2D eigenvalue weighted by atomic mass is 16.6. The van der Waals surface area contributed by atoms with Crippen LogP contribution in [0.15, 0.2) is 24.3 Å². The van der Waals surface area contributed by atoms with Crippen molar-refractivity contribution in [2.45, 2.75) is 95.9 Å². The molecule has 206 valence electrons. The fourth-order valence-electron chi connectivity index (χ4n) is 6.75. The Kier molecular flexibility index (Phi) is 8.48. The molecule has 37 heavy (non-hydrogen) atoms. The number of ether oxygens (including phenoxy) is 2. The minimum absolute atomic E-state index is 0.0409. The Hall–Kier alpha value is -2.19. The van der Waals surface area contributed by atoms with Gasteiger partial charge in [-0.3, -0.25) is 14.4 Å². The number of unbranched alkanes of at least 4 members (excludes halogenated alkanes) is 1. The Bertz CT molecular complexity index is 933. The van der Waals surface area contributed by atoms with Crippen molar-refractivity contribution >= 4 is 17.8 Å². The van der Waals surface area contributed by atoms with E-state index in [9.17, 15) is 19.5 Å². The van der Waals surface area contributed by atoms with Crippen molar-refractivity contribution < 1.29 is 29.0 Å². The largest absolute Gasteiger partial charge is 0.465 e. The predicted octanol–water partition coefficient (Wildman–Crippen LogP) is 3.24. The number of esters is 1. The second-order valence-corrected chi connectivity index (χ2v) is 11.1. The first-order valence-corrected chi connectivity index (χ1v) is 14.3. The summed E-state index contributed by atoms with van der Waals surface area (Å²) in [6, 6.07) is -1.51. The van der Waals surface area contributed by atoms with E-state index in [1.54, 1.807) is 9.80 Å². The summed E-state index contributed by atoms with van der Waals surface area (Å²) in [6.45, 7) is 9.07. The van der Waals surface area contributed by atoms with Crippen LogP contribution in [0, 0.1) is 17.8 Å². The van der Waals surface area contributed by atoms with Crippen LogP contribution in [0.2, 0.25) is 0 Å². The van der Waals surface area contributed by atoms with Crippen molar-refractivity contribution in [2.75, 3.05) is 26.3 Å². The number of cyclic esters (lactones) is 1. The van der Waals surface area contributed by atoms with E-state index in [1.165, 1.54) is 0 Å². The highest BCUT2D eigenvalue weighted by Crippen LogP contribution is 2.58. The molecule has 2 amide bonds. The van der Waals surface area contributed by atoms with Gasteiger partial charge in [0.05, 0.1) is 25.2 Å². The third kappa shape index (κ3) is 4.54. The summed E-state index contributed by atoms with van der Waals surface area (Å²) >= 11 is 0. The normalized spacial score (nSPS) is 36.4. The molecule has 8 nitrogen and oxygen atoms in total. The molecule has 4 aliphatic heterocycles. The zero-order valence-corrected chi connectivity index (χ0v) is 22.9. The quantitative estimate of drug-likeness (QED) is 0.393. The second-order valence-electron chi connectivity index (χ2n) is 11.1. The third-order valence-corrected chi connectivity index (χ3v) is 9.03. The fraction of sp³-hybridized carbons (Fsp3) is 0.759. The van der Waals surface area contributed by atoms with Crippen molar-refractivity contribution in [1.29, 1.82) is 0 Å². The van der Waals surface area contributed by atoms with E-state index in [-0.39, 0.29) is 24.3 Å². The van der Waals surface area contributed by atoms with Gasteiger partial charge in [0.25, 0.3) is 0 Å². The van der Waals surface area contributed by atoms with Crippen LogP contribution in [0.25, 0.3) is 0 Å². The number of hydrogen-bond acceptors (Lipinski definition) is 6. The van der Waals surface area contributed by atoms with Gasteiger partial charge in [-0.15, -0.1) is 0 Å². The molecule has 0 radical (unpaired) electrons. The number of likely N-dealkylation sites (tertiary alicyclic amines) is 1. The molecule has 0 bridgehead atoms. The summed E-state index contributed by atoms with van der Waals surface area (Å²) in [5, 5.41) is 10.5. The maximum Gasteiger partial charge on any atom is 0.313 e. The summed E-state index contributed by atoms with van der Waals surface area (Å²) in [6.07, 6.45) is 13.3. The summed E-state index contributed by atoms with van der Waals surface area (Å²) in [5.41, 5.74) is -2.36. The van der Waals surface area contributed by atoms with E-state index in [2.05, 4.69) is 13.0 Å². The van der Waals surface area contributed by atoms with Gasteiger partial charge in [0, 0.05) is 13.1 Å². The number of allylic oxidation sites excluding steroid dienone is 1. The predicted molar refractivity (Wildman–Crippen MR) is 139 cm³/mol. The average Bonchev–Trinajstić information content (AvgIpc) is 3.26. The molecule has 2 fully saturated rings. The van der Waals surface area contributed by atoms with Crippen LogP contribution in [-0.2, 0) is 23.9 Å². The number of aliphatic hydroxyl groups excluding tert-OH is 1. The van der Waals surface area contributed by atoms with Gasteiger partial charge in [-0.2, -0.15) is 0 Å². The molecule has 4 rings (SSSR count). The first-order chi connectivity index (χ1) is 17.8. The number of fused-ring (bicyclic) bond motifs is 2. The van der Waals surface area contributed by atoms with Gasteiger partial charge in [-0.05, 0) is 38.0 Å². The molecule has 7 atom stereocenters. The van der Waals surface area contributed by atoms with Gasteiger partial charge in [0.1, 0.15) is 23.2 Å². The lowest BCUT2D eigenvalue weighted by molar-refractivity contribution is -0.164. The fourth-order valence-corrected chi connectivity index (χ4v) is 6.75. The van der Waals surface area contributed by atoms with E-state index < -0.39 is 41.1 Å². The SMILES string of the molecule is CCCCN1CC=C[C@]23O[C@]4(CC)/C=C\CCCCOC(=O)[C@@H]4[C@H]2C(=O)N([C@@H](CO)[C@@H](C)CC)C3C1=O. The van der Waals surface area contributed by atoms with E-state index in [0.29, 0.717) is 26.1 Å². The first-order valence-electron chi connectivity index (χ1n) is 14.3. The molecule has 1 spiro atoms. The van der Waals surface area contributed by atoms with Crippen molar-refractivity contribution in [3.05, 3.63) is 24.3 Å². The van der Waals surface area contributed by atoms with E-state index >= 15 is 0 Å². The minimum atomic E-state index is -1.31. The second kappa shape index (κ2) is 11.3. The van der Waals surface area contributed by atoms with E-state index in [1.807, 2.05) is 39.0 Å². The zero-order valence-electron chi connectivity index (χ0n) is 22.9. The number of hydrogen-bond donors (Lipinski definition) is 1. The molecule has 2 saturated heterocycles. The maximum atomic E-state index is 14.5. The summed E-state index contributed by atoms with van der Waals surface area (Å²) in [5.74, 6) is -2.74. The third-order valence-electron chi connectivity index (χ3n) is 9.03. The Morgan fingerprint density at radius 1 is 1.08 bits per heavy atom. The van der Waals surface area contributed by atoms with Crippen molar-refractivity contribution in [2.24, 2.45) is 17.8 Å². The molecule has 8 heteroatoms. The minimum Gasteiger partial charge on any atom is -0.465 e. The molecular formula is C29H44N2O6. The van der Waals surface area contributed by atoms with Gasteiger partial charge in [-0.1, -0.05) is 64.8 Å². The smallest absolute Gasteiger partial charge is 0.313 e. The van der Waals surface area contributed by atoms with Crippen molar-refractivity contribution in [3.63, 3.8) is 0 Å². The standard InChI is InChI=1S/C29H44N2O6/c1-5-8-16-30-17-13-15-29-22(25(33)31(24(29)26(30)34)21(19-32)20(4)6-2)23-27(35)36-18-12-10-9-11-14-28(23,7-3)37-29/h11,13-15,20-24,32H,5-10,12,16-19H2,1-4H3/b14-11-/t20-,21-,22-,23-,24?,28+,29-/m0/s1. The number of aliphatic hydroxyl groups is 1. The number of rotatable bonds is 8. The van der Waals surface area contributed by atoms with Crippen LogP contribution in [0.1, 0.15) is 72.6 Å². The number of nitrogens with zero attached hydrogens (tertiary/aromatic N) is 2. The van der Waals surface area contributed by atoms with E-state index in [0.717, 1.165) is 38.5 Å². The molecule has 0 aromatic heterocycles.